The molecule has 5 nitrogen and oxygen atoms in total. The van der Waals surface area contributed by atoms with Crippen molar-refractivity contribution in [2.24, 2.45) is 0 Å². The Kier molecular flexibility index (Phi) is 5.18. The minimum absolute atomic E-state index is 0.00994. The summed E-state index contributed by atoms with van der Waals surface area (Å²) in [4.78, 5) is 12.1. The zero-order valence-corrected chi connectivity index (χ0v) is 13.9. The number of nitrogens with zero attached hydrogens (tertiary/aromatic N) is 1. The Balaban J connectivity index is 2.27. The van der Waals surface area contributed by atoms with Gasteiger partial charge in [-0.3, -0.25) is 9.10 Å². The molecule has 128 valence electrons. The van der Waals surface area contributed by atoms with Gasteiger partial charge in [-0.05, 0) is 29.8 Å². The Morgan fingerprint density at radius 3 is 2.46 bits per heavy atom. The number of hydrogen-bond donors (Lipinski definition) is 1. The topological polar surface area (TPSA) is 66.5 Å². The largest absolute Gasteiger partial charge is 0.324 e. The molecule has 1 amide bonds. The average molecular weight is 354 g/mol. The Morgan fingerprint density at radius 2 is 1.83 bits per heavy atom. The third-order valence-electron chi connectivity index (χ3n) is 3.38. The van der Waals surface area contributed by atoms with Crippen LogP contribution in [0.25, 0.3) is 0 Å². The van der Waals surface area contributed by atoms with Gasteiger partial charge in [0.05, 0.1) is 24.1 Å². The molecule has 0 fully saturated rings. The molecule has 0 heterocycles. The highest BCUT2D eigenvalue weighted by atomic mass is 32.2. The van der Waals surface area contributed by atoms with E-state index in [0.717, 1.165) is 22.7 Å². The summed E-state index contributed by atoms with van der Waals surface area (Å²) in [6.07, 6.45) is 0.729. The van der Waals surface area contributed by atoms with Crippen molar-refractivity contribution < 1.29 is 22.0 Å². The number of hydrogen-bond acceptors (Lipinski definition) is 3. The number of sulfonamides is 1. The van der Waals surface area contributed by atoms with Crippen molar-refractivity contribution in [3.63, 3.8) is 0 Å². The number of rotatable bonds is 5. The molecule has 24 heavy (non-hydrogen) atoms. The molecule has 0 spiro atoms. The molecule has 0 aliphatic heterocycles. The summed E-state index contributed by atoms with van der Waals surface area (Å²) in [5.41, 5.74) is 0.287. The Bertz CT molecular complexity index is 869. The van der Waals surface area contributed by atoms with Gasteiger partial charge in [0, 0.05) is 7.05 Å². The molecule has 2 aromatic carbocycles. The smallest absolute Gasteiger partial charge is 0.232 e. The SMILES string of the molecule is CN(c1ccc(F)cc1NC(=O)Cc1ccccc1F)S(C)(=O)=O. The summed E-state index contributed by atoms with van der Waals surface area (Å²) in [6, 6.07) is 9.13. The van der Waals surface area contributed by atoms with Crippen molar-refractivity contribution in [3.8, 4) is 0 Å². The first-order chi connectivity index (χ1) is 11.2. The van der Waals surface area contributed by atoms with Crippen molar-refractivity contribution in [2.45, 2.75) is 6.42 Å². The van der Waals surface area contributed by atoms with E-state index in [4.69, 9.17) is 0 Å². The van der Waals surface area contributed by atoms with E-state index in [1.165, 1.54) is 31.3 Å². The summed E-state index contributed by atoms with van der Waals surface area (Å²) in [7, 11) is -2.31. The highest BCUT2D eigenvalue weighted by Crippen LogP contribution is 2.27. The number of nitrogens with one attached hydrogen (secondary N) is 1. The predicted octanol–water partition coefficient (Wildman–Crippen LogP) is 2.54. The highest BCUT2D eigenvalue weighted by molar-refractivity contribution is 7.92. The summed E-state index contributed by atoms with van der Waals surface area (Å²) in [6.45, 7) is 0. The second kappa shape index (κ2) is 6.96. The lowest BCUT2D eigenvalue weighted by Gasteiger charge is -2.20. The molecule has 0 bridgehead atoms. The van der Waals surface area contributed by atoms with Crippen molar-refractivity contribution >= 4 is 27.3 Å². The van der Waals surface area contributed by atoms with Gasteiger partial charge < -0.3 is 5.32 Å². The highest BCUT2D eigenvalue weighted by Gasteiger charge is 2.18. The molecule has 0 aliphatic rings. The molecule has 0 radical (unpaired) electrons. The molecule has 8 heteroatoms. The van der Waals surface area contributed by atoms with Crippen molar-refractivity contribution in [2.75, 3.05) is 22.9 Å². The van der Waals surface area contributed by atoms with E-state index in [9.17, 15) is 22.0 Å². The van der Waals surface area contributed by atoms with Crippen molar-refractivity contribution in [1.29, 1.82) is 0 Å². The monoisotopic (exact) mass is 354 g/mol. The number of halogens is 2. The predicted molar refractivity (Wildman–Crippen MR) is 88.4 cm³/mol. The van der Waals surface area contributed by atoms with Crippen LogP contribution < -0.4 is 9.62 Å². The van der Waals surface area contributed by atoms with Gasteiger partial charge in [-0.1, -0.05) is 18.2 Å². The first-order valence-corrected chi connectivity index (χ1v) is 8.80. The maximum atomic E-state index is 13.6. The summed E-state index contributed by atoms with van der Waals surface area (Å²) in [5, 5.41) is 2.43. The molecule has 0 aromatic heterocycles. The van der Waals surface area contributed by atoms with Crippen LogP contribution in [-0.4, -0.2) is 27.6 Å². The van der Waals surface area contributed by atoms with Crippen LogP contribution in [0.3, 0.4) is 0 Å². The minimum atomic E-state index is -3.59. The number of anilines is 2. The Labute approximate surface area is 139 Å². The van der Waals surface area contributed by atoms with Crippen molar-refractivity contribution in [1.82, 2.24) is 0 Å². The van der Waals surface area contributed by atoms with Crippen LogP contribution in [0.5, 0.6) is 0 Å². The molecule has 0 saturated heterocycles. The van der Waals surface area contributed by atoms with Crippen LogP contribution in [0, 0.1) is 11.6 Å². The lowest BCUT2D eigenvalue weighted by molar-refractivity contribution is -0.115. The fraction of sp³-hybridized carbons (Fsp3) is 0.188. The Morgan fingerprint density at radius 1 is 1.17 bits per heavy atom. The van der Waals surface area contributed by atoms with Crippen LogP contribution in [0.1, 0.15) is 5.56 Å². The van der Waals surface area contributed by atoms with E-state index in [2.05, 4.69) is 5.32 Å². The van der Waals surface area contributed by atoms with Gasteiger partial charge in [-0.25, -0.2) is 17.2 Å². The second-order valence-corrected chi connectivity index (χ2v) is 7.22. The fourth-order valence-electron chi connectivity index (χ4n) is 2.07. The minimum Gasteiger partial charge on any atom is -0.324 e. The van der Waals surface area contributed by atoms with Gasteiger partial charge >= 0.3 is 0 Å². The van der Waals surface area contributed by atoms with Gasteiger partial charge in [0.1, 0.15) is 11.6 Å². The quantitative estimate of drug-likeness (QED) is 0.897. The van der Waals surface area contributed by atoms with E-state index in [1.54, 1.807) is 6.07 Å². The number of benzene rings is 2. The van der Waals surface area contributed by atoms with E-state index in [0.29, 0.717) is 0 Å². The number of amides is 1. The third kappa shape index (κ3) is 4.29. The molecule has 2 aromatic rings. The van der Waals surface area contributed by atoms with E-state index >= 15 is 0 Å². The zero-order chi connectivity index (χ0) is 17.9. The van der Waals surface area contributed by atoms with Gasteiger partial charge in [-0.2, -0.15) is 0 Å². The fourth-order valence-corrected chi connectivity index (χ4v) is 2.59. The first kappa shape index (κ1) is 17.9. The molecule has 0 unspecified atom stereocenters. The second-order valence-electron chi connectivity index (χ2n) is 5.21. The molecular formula is C16H16F2N2O3S. The third-order valence-corrected chi connectivity index (χ3v) is 4.57. The summed E-state index contributed by atoms with van der Waals surface area (Å²) < 4.78 is 51.3. The molecule has 2 rings (SSSR count). The summed E-state index contributed by atoms with van der Waals surface area (Å²) >= 11 is 0. The molecule has 0 atom stereocenters. The van der Waals surface area contributed by atoms with Crippen LogP contribution >= 0.6 is 0 Å². The van der Waals surface area contributed by atoms with Gasteiger partial charge in [-0.15, -0.1) is 0 Å². The van der Waals surface area contributed by atoms with Gasteiger partial charge in [0.15, 0.2) is 0 Å². The van der Waals surface area contributed by atoms with Gasteiger partial charge in [0.2, 0.25) is 15.9 Å². The zero-order valence-electron chi connectivity index (χ0n) is 13.1. The lowest BCUT2D eigenvalue weighted by Crippen LogP contribution is -2.27. The van der Waals surface area contributed by atoms with Gasteiger partial charge in [0.25, 0.3) is 0 Å². The number of carbonyl (C=O) groups excluding carboxylic acids is 1. The molecular weight excluding hydrogens is 338 g/mol. The van der Waals surface area contributed by atoms with Crippen LogP contribution in [0.15, 0.2) is 42.5 Å². The Hall–Kier alpha value is -2.48. The summed E-state index contributed by atoms with van der Waals surface area (Å²) in [5.74, 6) is -1.75. The maximum Gasteiger partial charge on any atom is 0.232 e. The number of carbonyl (C=O) groups is 1. The molecule has 0 saturated carbocycles. The maximum absolute atomic E-state index is 13.6. The lowest BCUT2D eigenvalue weighted by atomic mass is 10.1. The van der Waals surface area contributed by atoms with E-state index in [1.807, 2.05) is 0 Å². The molecule has 0 aliphatic carbocycles. The average Bonchev–Trinajstić information content (AvgIpc) is 2.48. The van der Waals surface area contributed by atoms with Crippen molar-refractivity contribution in [3.05, 3.63) is 59.7 Å². The van der Waals surface area contributed by atoms with E-state index in [-0.39, 0.29) is 23.4 Å². The van der Waals surface area contributed by atoms with Crippen LogP contribution in [0.4, 0.5) is 20.2 Å². The standard InChI is InChI=1S/C16H16F2N2O3S/c1-20(24(2,22)23)15-8-7-12(17)10-14(15)19-16(21)9-11-5-3-4-6-13(11)18/h3-8,10H,9H2,1-2H3,(H,19,21). The molecule has 1 N–H and O–H groups in total. The van der Waals surface area contributed by atoms with Crippen LogP contribution in [-0.2, 0) is 21.2 Å². The normalized spacial score (nSPS) is 11.2. The van der Waals surface area contributed by atoms with Crippen LogP contribution in [0.2, 0.25) is 0 Å². The van der Waals surface area contributed by atoms with E-state index < -0.39 is 27.6 Å². The first-order valence-electron chi connectivity index (χ1n) is 6.95.